The smallest absolute Gasteiger partial charge is 0.311 e. The molecule has 12 heavy (non-hydrogen) atoms. The van der Waals surface area contributed by atoms with E-state index in [1.54, 1.807) is 0 Å². The molecule has 1 N–H and O–H groups in total. The molecule has 0 heterocycles. The number of esters is 1. The molecule has 0 radical (unpaired) electrons. The molecular weight excluding hydrogens is 156 g/mol. The lowest BCUT2D eigenvalue weighted by Crippen LogP contribution is -2.23. The summed E-state index contributed by atoms with van der Waals surface area (Å²) in [6, 6.07) is 0. The average Bonchev–Trinajstić information content (AvgIpc) is 2.23. The van der Waals surface area contributed by atoms with Crippen molar-refractivity contribution in [2.75, 3.05) is 7.11 Å². The van der Waals surface area contributed by atoms with E-state index in [1.807, 2.05) is 0 Å². The van der Waals surface area contributed by atoms with E-state index < -0.39 is 6.10 Å². The van der Waals surface area contributed by atoms with Crippen LogP contribution in [0.3, 0.4) is 0 Å². The minimum atomic E-state index is -0.521. The molecule has 1 fully saturated rings. The number of carbonyl (C=O) groups excluding carboxylic acids is 1. The lowest BCUT2D eigenvalue weighted by atomic mass is 9.91. The van der Waals surface area contributed by atoms with E-state index in [-0.39, 0.29) is 17.3 Å². The molecule has 0 amide bonds. The summed E-state index contributed by atoms with van der Waals surface area (Å²) < 4.78 is 4.60. The van der Waals surface area contributed by atoms with Crippen molar-refractivity contribution in [1.82, 2.24) is 0 Å². The Bertz CT molecular complexity index is 186. The van der Waals surface area contributed by atoms with Gasteiger partial charge in [-0.2, -0.15) is 0 Å². The number of rotatable bonds is 1. The Morgan fingerprint density at radius 2 is 2.08 bits per heavy atom. The van der Waals surface area contributed by atoms with Gasteiger partial charge in [-0.1, -0.05) is 13.8 Å². The summed E-state index contributed by atoms with van der Waals surface area (Å²) >= 11 is 0. The molecule has 2 atom stereocenters. The number of aliphatic hydroxyl groups excluding tert-OH is 1. The van der Waals surface area contributed by atoms with Crippen molar-refractivity contribution in [3.05, 3.63) is 0 Å². The standard InChI is InChI=1S/C9H16O3/c1-9(2)4-6(7(10)5-9)8(11)12-3/h6-7,10H,4-5H2,1-3H3. The first-order chi connectivity index (χ1) is 5.46. The van der Waals surface area contributed by atoms with Crippen LogP contribution in [0.5, 0.6) is 0 Å². The quantitative estimate of drug-likeness (QED) is 0.599. The van der Waals surface area contributed by atoms with Crippen molar-refractivity contribution < 1.29 is 14.6 Å². The first-order valence-corrected chi connectivity index (χ1v) is 4.22. The van der Waals surface area contributed by atoms with Gasteiger partial charge in [0.1, 0.15) is 0 Å². The molecule has 2 unspecified atom stereocenters. The van der Waals surface area contributed by atoms with Crippen LogP contribution in [0.15, 0.2) is 0 Å². The molecule has 1 aliphatic carbocycles. The zero-order valence-electron chi connectivity index (χ0n) is 7.83. The maximum Gasteiger partial charge on any atom is 0.311 e. The Labute approximate surface area is 72.7 Å². The number of methoxy groups -OCH3 is 1. The van der Waals surface area contributed by atoms with Crippen LogP contribution < -0.4 is 0 Å². The fourth-order valence-corrected chi connectivity index (χ4v) is 1.91. The lowest BCUT2D eigenvalue weighted by Gasteiger charge is -2.15. The average molecular weight is 172 g/mol. The number of aliphatic hydroxyl groups is 1. The highest BCUT2D eigenvalue weighted by atomic mass is 16.5. The first-order valence-electron chi connectivity index (χ1n) is 4.22. The predicted molar refractivity (Wildman–Crippen MR) is 44.5 cm³/mol. The SMILES string of the molecule is COC(=O)C1CC(C)(C)CC1O. The molecule has 1 aliphatic rings. The van der Waals surface area contributed by atoms with Gasteiger partial charge in [0.05, 0.1) is 19.1 Å². The van der Waals surface area contributed by atoms with E-state index in [9.17, 15) is 9.90 Å². The number of carbonyl (C=O) groups is 1. The van der Waals surface area contributed by atoms with Gasteiger partial charge in [-0.3, -0.25) is 4.79 Å². The van der Waals surface area contributed by atoms with Gasteiger partial charge in [-0.05, 0) is 18.3 Å². The van der Waals surface area contributed by atoms with Crippen molar-refractivity contribution in [2.24, 2.45) is 11.3 Å². The number of ether oxygens (including phenoxy) is 1. The summed E-state index contributed by atoms with van der Waals surface area (Å²) in [5.74, 6) is -0.599. The monoisotopic (exact) mass is 172 g/mol. The van der Waals surface area contributed by atoms with E-state index in [0.29, 0.717) is 6.42 Å². The highest BCUT2D eigenvalue weighted by Gasteiger charge is 2.42. The third kappa shape index (κ3) is 1.78. The van der Waals surface area contributed by atoms with E-state index >= 15 is 0 Å². The summed E-state index contributed by atoms with van der Waals surface area (Å²) in [5.41, 5.74) is 0.0677. The van der Waals surface area contributed by atoms with E-state index in [0.717, 1.165) is 6.42 Å². The van der Waals surface area contributed by atoms with Crippen LogP contribution in [0.4, 0.5) is 0 Å². The number of hydrogen-bond donors (Lipinski definition) is 1. The van der Waals surface area contributed by atoms with Crippen LogP contribution in [0.1, 0.15) is 26.7 Å². The number of hydrogen-bond acceptors (Lipinski definition) is 3. The van der Waals surface area contributed by atoms with Crippen LogP contribution in [0, 0.1) is 11.3 Å². The van der Waals surface area contributed by atoms with Gasteiger partial charge < -0.3 is 9.84 Å². The van der Waals surface area contributed by atoms with E-state index in [4.69, 9.17) is 0 Å². The molecule has 0 saturated heterocycles. The van der Waals surface area contributed by atoms with Gasteiger partial charge in [-0.15, -0.1) is 0 Å². The van der Waals surface area contributed by atoms with Gasteiger partial charge in [0.15, 0.2) is 0 Å². The Hall–Kier alpha value is -0.570. The maximum atomic E-state index is 11.1. The molecular formula is C9H16O3. The molecule has 70 valence electrons. The summed E-state index contributed by atoms with van der Waals surface area (Å²) in [5, 5.41) is 9.53. The fraction of sp³-hybridized carbons (Fsp3) is 0.889. The summed E-state index contributed by atoms with van der Waals surface area (Å²) in [6.07, 6.45) is 0.889. The Kier molecular flexibility index (Phi) is 2.42. The zero-order valence-corrected chi connectivity index (χ0v) is 7.83. The highest BCUT2D eigenvalue weighted by molar-refractivity contribution is 5.73. The predicted octanol–water partition coefficient (Wildman–Crippen LogP) is 0.956. The second-order valence-corrected chi connectivity index (χ2v) is 4.27. The van der Waals surface area contributed by atoms with Crippen LogP contribution in [-0.4, -0.2) is 24.3 Å². The Balaban J connectivity index is 2.64. The summed E-state index contributed by atoms with van der Waals surface area (Å²) in [6.45, 7) is 4.11. The van der Waals surface area contributed by atoms with Crippen molar-refractivity contribution in [2.45, 2.75) is 32.8 Å². The summed E-state index contributed by atoms with van der Waals surface area (Å²) in [7, 11) is 1.36. The molecule has 0 aromatic heterocycles. The van der Waals surface area contributed by atoms with Crippen molar-refractivity contribution in [3.8, 4) is 0 Å². The first kappa shape index (κ1) is 9.52. The van der Waals surface area contributed by atoms with E-state index in [1.165, 1.54) is 7.11 Å². The molecule has 1 saturated carbocycles. The Morgan fingerprint density at radius 3 is 2.42 bits per heavy atom. The highest BCUT2D eigenvalue weighted by Crippen LogP contribution is 2.41. The third-order valence-electron chi connectivity index (χ3n) is 2.50. The third-order valence-corrected chi connectivity index (χ3v) is 2.50. The van der Waals surface area contributed by atoms with Crippen molar-refractivity contribution in [1.29, 1.82) is 0 Å². The Morgan fingerprint density at radius 1 is 1.50 bits per heavy atom. The second-order valence-electron chi connectivity index (χ2n) is 4.27. The van der Waals surface area contributed by atoms with Gasteiger partial charge in [0.25, 0.3) is 0 Å². The second kappa shape index (κ2) is 3.05. The molecule has 0 spiro atoms. The molecule has 3 heteroatoms. The van der Waals surface area contributed by atoms with Crippen LogP contribution in [0.2, 0.25) is 0 Å². The van der Waals surface area contributed by atoms with Gasteiger partial charge in [0.2, 0.25) is 0 Å². The minimum Gasteiger partial charge on any atom is -0.469 e. The zero-order chi connectivity index (χ0) is 9.35. The maximum absolute atomic E-state index is 11.1. The van der Waals surface area contributed by atoms with Crippen LogP contribution >= 0.6 is 0 Å². The minimum absolute atomic E-state index is 0.0677. The molecule has 0 aliphatic heterocycles. The topological polar surface area (TPSA) is 46.5 Å². The molecule has 1 rings (SSSR count). The van der Waals surface area contributed by atoms with Crippen LogP contribution in [0.25, 0.3) is 0 Å². The molecule has 0 aromatic rings. The van der Waals surface area contributed by atoms with Gasteiger partial charge in [-0.25, -0.2) is 0 Å². The normalized spacial score (nSPS) is 33.3. The van der Waals surface area contributed by atoms with Gasteiger partial charge >= 0.3 is 5.97 Å². The fourth-order valence-electron chi connectivity index (χ4n) is 1.91. The lowest BCUT2D eigenvalue weighted by molar-refractivity contribution is -0.148. The van der Waals surface area contributed by atoms with Crippen LogP contribution in [-0.2, 0) is 9.53 Å². The largest absolute Gasteiger partial charge is 0.469 e. The molecule has 0 aromatic carbocycles. The van der Waals surface area contributed by atoms with E-state index in [2.05, 4.69) is 18.6 Å². The molecule has 3 nitrogen and oxygen atoms in total. The van der Waals surface area contributed by atoms with Gasteiger partial charge in [0, 0.05) is 0 Å². The van der Waals surface area contributed by atoms with Crippen molar-refractivity contribution >= 4 is 5.97 Å². The summed E-state index contributed by atoms with van der Waals surface area (Å²) in [4.78, 5) is 11.1. The molecule has 0 bridgehead atoms. The van der Waals surface area contributed by atoms with Crippen molar-refractivity contribution in [3.63, 3.8) is 0 Å².